The van der Waals surface area contributed by atoms with E-state index in [1.165, 1.54) is 18.2 Å². The monoisotopic (exact) mass is 318 g/mol. The molecular formula is C16H15FN2O4. The molecule has 0 fully saturated rings. The van der Waals surface area contributed by atoms with E-state index in [1.54, 1.807) is 20.8 Å². The molecule has 0 bridgehead atoms. The van der Waals surface area contributed by atoms with E-state index >= 15 is 0 Å². The summed E-state index contributed by atoms with van der Waals surface area (Å²) < 4.78 is 14.5. The first kappa shape index (κ1) is 16.5. The lowest BCUT2D eigenvalue weighted by Crippen LogP contribution is -2.32. The molecule has 1 heterocycles. The maximum atomic E-state index is 13.9. The van der Waals surface area contributed by atoms with Crippen molar-refractivity contribution in [2.75, 3.05) is 0 Å². The van der Waals surface area contributed by atoms with Crippen LogP contribution in [0.15, 0.2) is 35.1 Å². The van der Waals surface area contributed by atoms with Crippen LogP contribution in [0, 0.1) is 11.2 Å². The second-order valence-electron chi connectivity index (χ2n) is 6.00. The van der Waals surface area contributed by atoms with Crippen molar-refractivity contribution in [1.29, 1.82) is 0 Å². The maximum Gasteiger partial charge on any atom is 0.341 e. The number of aromatic nitrogens is 2. The summed E-state index contributed by atoms with van der Waals surface area (Å²) in [5.41, 5.74) is -2.91. The van der Waals surface area contributed by atoms with Gasteiger partial charge in [0.15, 0.2) is 5.78 Å². The van der Waals surface area contributed by atoms with Gasteiger partial charge in [0.05, 0.1) is 0 Å². The molecule has 0 aliphatic carbocycles. The van der Waals surface area contributed by atoms with E-state index in [1.807, 2.05) is 0 Å². The topological polar surface area (TPSA) is 89.3 Å². The number of halogens is 1. The lowest BCUT2D eigenvalue weighted by atomic mass is 9.88. The third-order valence-electron chi connectivity index (χ3n) is 3.14. The fourth-order valence-corrected chi connectivity index (χ4v) is 1.93. The highest BCUT2D eigenvalue weighted by Crippen LogP contribution is 2.20. The normalized spacial score (nSPS) is 11.3. The number of Topliss-reactive ketones (excluding diaryl/α,β-unsaturated/α-hetero) is 1. The minimum absolute atomic E-state index is 0.210. The van der Waals surface area contributed by atoms with Gasteiger partial charge in [0, 0.05) is 5.41 Å². The van der Waals surface area contributed by atoms with Gasteiger partial charge in [0.2, 0.25) is 0 Å². The number of nitrogens with zero attached hydrogens (tertiary/aromatic N) is 2. The Kier molecular flexibility index (Phi) is 4.14. The zero-order valence-electron chi connectivity index (χ0n) is 12.8. The Bertz CT molecular complexity index is 850. The van der Waals surface area contributed by atoms with E-state index in [2.05, 4.69) is 5.10 Å². The number of benzene rings is 1. The summed E-state index contributed by atoms with van der Waals surface area (Å²) in [7, 11) is 0. The van der Waals surface area contributed by atoms with Crippen molar-refractivity contribution in [2.45, 2.75) is 20.8 Å². The van der Waals surface area contributed by atoms with Crippen molar-refractivity contribution in [3.8, 4) is 5.69 Å². The SMILES string of the molecule is CC(C)(C)C(=O)c1cc(C(=O)O)c(=O)n(-c2ccccc2F)n1. The first-order valence-electron chi connectivity index (χ1n) is 6.80. The average Bonchev–Trinajstić information content (AvgIpc) is 2.46. The summed E-state index contributed by atoms with van der Waals surface area (Å²) in [5.74, 6) is -2.71. The van der Waals surface area contributed by atoms with Crippen LogP contribution in [-0.2, 0) is 0 Å². The highest BCUT2D eigenvalue weighted by atomic mass is 19.1. The maximum absolute atomic E-state index is 13.9. The molecule has 7 heteroatoms. The van der Waals surface area contributed by atoms with Gasteiger partial charge in [-0.25, -0.2) is 9.18 Å². The molecule has 0 spiro atoms. The lowest BCUT2D eigenvalue weighted by molar-refractivity contribution is 0.0694. The molecule has 0 amide bonds. The Labute approximate surface area is 131 Å². The quantitative estimate of drug-likeness (QED) is 0.877. The Balaban J connectivity index is 2.80. The highest BCUT2D eigenvalue weighted by Gasteiger charge is 2.27. The molecule has 2 rings (SSSR count). The molecule has 2 aromatic rings. The van der Waals surface area contributed by atoms with Gasteiger partial charge in [-0.3, -0.25) is 9.59 Å². The van der Waals surface area contributed by atoms with Crippen molar-refractivity contribution in [3.05, 3.63) is 57.8 Å². The molecule has 1 N–H and O–H groups in total. The van der Waals surface area contributed by atoms with Crippen molar-refractivity contribution < 1.29 is 19.1 Å². The van der Waals surface area contributed by atoms with Crippen LogP contribution in [0.4, 0.5) is 4.39 Å². The minimum atomic E-state index is -1.51. The van der Waals surface area contributed by atoms with E-state index in [-0.39, 0.29) is 11.4 Å². The standard InChI is InChI=1S/C16H15FN2O4/c1-16(2,3)13(20)11-8-9(15(22)23)14(21)19(18-11)12-7-5-4-6-10(12)17/h4-8H,1-3H3,(H,22,23). The van der Waals surface area contributed by atoms with E-state index in [0.29, 0.717) is 4.68 Å². The molecule has 0 atom stereocenters. The molecule has 0 aliphatic heterocycles. The van der Waals surface area contributed by atoms with Crippen LogP contribution < -0.4 is 5.56 Å². The Hall–Kier alpha value is -2.83. The number of hydrogen-bond acceptors (Lipinski definition) is 4. The molecule has 1 aromatic carbocycles. The molecule has 6 nitrogen and oxygen atoms in total. The van der Waals surface area contributed by atoms with Gasteiger partial charge in [-0.1, -0.05) is 32.9 Å². The van der Waals surface area contributed by atoms with Gasteiger partial charge in [-0.2, -0.15) is 9.78 Å². The number of carbonyl (C=O) groups is 2. The molecular weight excluding hydrogens is 303 g/mol. The van der Waals surface area contributed by atoms with Gasteiger partial charge < -0.3 is 5.11 Å². The Morgan fingerprint density at radius 1 is 1.22 bits per heavy atom. The number of rotatable bonds is 3. The molecule has 0 radical (unpaired) electrons. The van der Waals surface area contributed by atoms with E-state index < -0.39 is 34.1 Å². The van der Waals surface area contributed by atoms with Crippen LogP contribution in [-0.4, -0.2) is 26.6 Å². The van der Waals surface area contributed by atoms with Crippen molar-refractivity contribution >= 4 is 11.8 Å². The van der Waals surface area contributed by atoms with E-state index in [9.17, 15) is 18.8 Å². The first-order valence-corrected chi connectivity index (χ1v) is 6.80. The minimum Gasteiger partial charge on any atom is -0.477 e. The third-order valence-corrected chi connectivity index (χ3v) is 3.14. The predicted octanol–water partition coefficient (Wildman–Crippen LogP) is 2.30. The van der Waals surface area contributed by atoms with Crippen molar-refractivity contribution in [1.82, 2.24) is 9.78 Å². The van der Waals surface area contributed by atoms with Crippen LogP contribution in [0.1, 0.15) is 41.6 Å². The van der Waals surface area contributed by atoms with Gasteiger partial charge in [-0.05, 0) is 18.2 Å². The molecule has 1 aromatic heterocycles. The van der Waals surface area contributed by atoms with E-state index in [0.717, 1.165) is 12.1 Å². The summed E-state index contributed by atoms with van der Waals surface area (Å²) in [6.07, 6.45) is 0. The van der Waals surface area contributed by atoms with E-state index in [4.69, 9.17) is 5.11 Å². The molecule has 120 valence electrons. The summed E-state index contributed by atoms with van der Waals surface area (Å²) in [5, 5.41) is 13.0. The Morgan fingerprint density at radius 2 is 1.83 bits per heavy atom. The van der Waals surface area contributed by atoms with Crippen molar-refractivity contribution in [2.24, 2.45) is 5.41 Å². The summed E-state index contributed by atoms with van der Waals surface area (Å²) in [6, 6.07) is 6.22. The van der Waals surface area contributed by atoms with Gasteiger partial charge >= 0.3 is 5.97 Å². The Morgan fingerprint density at radius 3 is 2.35 bits per heavy atom. The zero-order chi connectivity index (χ0) is 17.4. The predicted molar refractivity (Wildman–Crippen MR) is 80.5 cm³/mol. The number of para-hydroxylation sites is 1. The largest absolute Gasteiger partial charge is 0.477 e. The smallest absolute Gasteiger partial charge is 0.341 e. The average molecular weight is 318 g/mol. The summed E-state index contributed by atoms with van der Waals surface area (Å²) in [6.45, 7) is 4.90. The van der Waals surface area contributed by atoms with Crippen LogP contribution >= 0.6 is 0 Å². The summed E-state index contributed by atoms with van der Waals surface area (Å²) >= 11 is 0. The summed E-state index contributed by atoms with van der Waals surface area (Å²) in [4.78, 5) is 35.9. The van der Waals surface area contributed by atoms with Gasteiger partial charge in [0.1, 0.15) is 22.8 Å². The van der Waals surface area contributed by atoms with Crippen LogP contribution in [0.2, 0.25) is 0 Å². The molecule has 23 heavy (non-hydrogen) atoms. The first-order chi connectivity index (χ1) is 10.6. The number of carboxylic acid groups (broad SMARTS) is 1. The molecule has 0 unspecified atom stereocenters. The second kappa shape index (κ2) is 5.75. The van der Waals surface area contributed by atoms with Crippen LogP contribution in [0.5, 0.6) is 0 Å². The molecule has 0 saturated heterocycles. The lowest BCUT2D eigenvalue weighted by Gasteiger charge is -2.17. The van der Waals surface area contributed by atoms with Gasteiger partial charge in [-0.15, -0.1) is 0 Å². The van der Waals surface area contributed by atoms with Crippen LogP contribution in [0.25, 0.3) is 5.69 Å². The van der Waals surface area contributed by atoms with Gasteiger partial charge in [0.25, 0.3) is 5.56 Å². The molecule has 0 saturated carbocycles. The fraction of sp³-hybridized carbons (Fsp3) is 0.250. The number of aromatic carboxylic acids is 1. The number of carboxylic acids is 1. The highest BCUT2D eigenvalue weighted by molar-refractivity contribution is 5.99. The second-order valence-corrected chi connectivity index (χ2v) is 6.00. The zero-order valence-corrected chi connectivity index (χ0v) is 12.8. The number of carbonyl (C=O) groups excluding carboxylic acids is 1. The third kappa shape index (κ3) is 3.18. The number of hydrogen-bond donors (Lipinski definition) is 1. The number of ketones is 1. The van der Waals surface area contributed by atoms with Crippen LogP contribution in [0.3, 0.4) is 0 Å². The fourth-order valence-electron chi connectivity index (χ4n) is 1.93. The molecule has 0 aliphatic rings. The van der Waals surface area contributed by atoms with Crippen molar-refractivity contribution in [3.63, 3.8) is 0 Å².